The van der Waals surface area contributed by atoms with Crippen LogP contribution in [0.2, 0.25) is 0 Å². The van der Waals surface area contributed by atoms with Crippen LogP contribution < -0.4 is 5.32 Å². The Bertz CT molecular complexity index is 281. The minimum atomic E-state index is -0.366. The van der Waals surface area contributed by atoms with Crippen molar-refractivity contribution >= 4 is 11.9 Å². The molecular formula is C8H7NO3. The van der Waals surface area contributed by atoms with E-state index in [1.807, 2.05) is 12.2 Å². The van der Waals surface area contributed by atoms with Crippen molar-refractivity contribution in [1.82, 2.24) is 5.32 Å². The molecule has 0 aliphatic carbocycles. The predicted molar refractivity (Wildman–Crippen MR) is 37.9 cm³/mol. The second-order valence-corrected chi connectivity index (χ2v) is 3.39. The Morgan fingerprint density at radius 3 is 2.08 bits per heavy atom. The molecule has 4 nitrogen and oxygen atoms in total. The minimum absolute atomic E-state index is 0.0268. The standard InChI is InChI=1S/C8H7NO3/c10-7-5-3-1-2-4(9-3)6(5)8(11)12-7/h1-6,9H. The van der Waals surface area contributed by atoms with Crippen molar-refractivity contribution in [3.63, 3.8) is 0 Å². The SMILES string of the molecule is O=C1OC(=O)C2C3C=CC(N3)C12. The van der Waals surface area contributed by atoms with Gasteiger partial charge in [-0.15, -0.1) is 0 Å². The minimum Gasteiger partial charge on any atom is -0.393 e. The topological polar surface area (TPSA) is 55.4 Å². The maximum atomic E-state index is 11.1. The monoisotopic (exact) mass is 165 g/mol. The maximum absolute atomic E-state index is 11.1. The highest BCUT2D eigenvalue weighted by Crippen LogP contribution is 2.39. The lowest BCUT2D eigenvalue weighted by molar-refractivity contribution is -0.154. The zero-order chi connectivity index (χ0) is 8.29. The largest absolute Gasteiger partial charge is 0.393 e. The average molecular weight is 165 g/mol. The molecule has 4 heteroatoms. The van der Waals surface area contributed by atoms with Crippen molar-refractivity contribution in [1.29, 1.82) is 0 Å². The van der Waals surface area contributed by atoms with Gasteiger partial charge >= 0.3 is 11.9 Å². The van der Waals surface area contributed by atoms with Crippen molar-refractivity contribution in [2.24, 2.45) is 11.8 Å². The summed E-state index contributed by atoms with van der Waals surface area (Å²) in [6.45, 7) is 0. The molecule has 0 aromatic carbocycles. The lowest BCUT2D eigenvalue weighted by atomic mass is 9.85. The highest BCUT2D eigenvalue weighted by molar-refractivity contribution is 5.98. The molecule has 0 radical (unpaired) electrons. The number of fused-ring (bicyclic) bond motifs is 5. The molecule has 0 aromatic rings. The van der Waals surface area contributed by atoms with Gasteiger partial charge in [0.2, 0.25) is 0 Å². The number of hydrogen-bond donors (Lipinski definition) is 1. The van der Waals surface area contributed by atoms with Crippen LogP contribution >= 0.6 is 0 Å². The van der Waals surface area contributed by atoms with Gasteiger partial charge in [0.05, 0.1) is 11.8 Å². The Hall–Kier alpha value is -1.16. The van der Waals surface area contributed by atoms with E-state index >= 15 is 0 Å². The molecule has 0 aromatic heterocycles. The maximum Gasteiger partial charge on any atom is 0.319 e. The highest BCUT2D eigenvalue weighted by atomic mass is 16.6. The van der Waals surface area contributed by atoms with Crippen LogP contribution in [0.3, 0.4) is 0 Å². The first-order valence-electron chi connectivity index (χ1n) is 3.97. The van der Waals surface area contributed by atoms with Crippen LogP contribution in [0.4, 0.5) is 0 Å². The Kier molecular flexibility index (Phi) is 0.939. The van der Waals surface area contributed by atoms with E-state index < -0.39 is 0 Å². The molecule has 12 heavy (non-hydrogen) atoms. The van der Waals surface area contributed by atoms with Crippen LogP contribution in [0, 0.1) is 11.8 Å². The summed E-state index contributed by atoms with van der Waals surface area (Å²) in [7, 11) is 0. The van der Waals surface area contributed by atoms with Gasteiger partial charge in [-0.1, -0.05) is 12.2 Å². The Morgan fingerprint density at radius 2 is 1.58 bits per heavy atom. The normalized spacial score (nSPS) is 48.3. The van der Waals surface area contributed by atoms with Crippen LogP contribution in [0.25, 0.3) is 0 Å². The van der Waals surface area contributed by atoms with Crippen LogP contribution in [0.15, 0.2) is 12.2 Å². The molecule has 3 heterocycles. The number of nitrogens with one attached hydrogen (secondary N) is 1. The number of rotatable bonds is 0. The zero-order valence-electron chi connectivity index (χ0n) is 6.19. The summed E-state index contributed by atoms with van der Waals surface area (Å²) in [6.07, 6.45) is 3.87. The summed E-state index contributed by atoms with van der Waals surface area (Å²) in [5.41, 5.74) is 0. The molecule has 0 saturated carbocycles. The number of hydrogen-bond acceptors (Lipinski definition) is 4. The van der Waals surface area contributed by atoms with E-state index in [1.54, 1.807) is 0 Å². The summed E-state index contributed by atoms with van der Waals surface area (Å²) < 4.78 is 4.55. The molecular weight excluding hydrogens is 158 g/mol. The summed E-state index contributed by atoms with van der Waals surface area (Å²) in [6, 6.07) is 0.0536. The van der Waals surface area contributed by atoms with Crippen LogP contribution in [0.5, 0.6) is 0 Å². The fourth-order valence-electron chi connectivity index (χ4n) is 2.29. The molecule has 4 unspecified atom stereocenters. The summed E-state index contributed by atoms with van der Waals surface area (Å²) in [5.74, 6) is -1.25. The second kappa shape index (κ2) is 1.77. The molecule has 2 saturated heterocycles. The van der Waals surface area contributed by atoms with Gasteiger partial charge in [0, 0.05) is 12.1 Å². The molecule has 3 aliphatic rings. The molecule has 62 valence electrons. The van der Waals surface area contributed by atoms with Gasteiger partial charge in [0.1, 0.15) is 0 Å². The van der Waals surface area contributed by atoms with Crippen LogP contribution in [-0.2, 0) is 14.3 Å². The first-order chi connectivity index (χ1) is 5.77. The first kappa shape index (κ1) is 6.37. The third kappa shape index (κ3) is 0.536. The molecule has 0 spiro atoms. The van der Waals surface area contributed by atoms with Crippen molar-refractivity contribution < 1.29 is 14.3 Å². The molecule has 0 amide bonds. The lowest BCUT2D eigenvalue weighted by Crippen LogP contribution is -2.27. The third-order valence-corrected chi connectivity index (χ3v) is 2.82. The van der Waals surface area contributed by atoms with Crippen molar-refractivity contribution in [2.75, 3.05) is 0 Å². The quantitative estimate of drug-likeness (QED) is 0.290. The molecule has 1 N–H and O–H groups in total. The Morgan fingerprint density at radius 1 is 1.08 bits per heavy atom. The van der Waals surface area contributed by atoms with Gasteiger partial charge in [0.15, 0.2) is 0 Å². The number of esters is 2. The van der Waals surface area contributed by atoms with Gasteiger partial charge in [0.25, 0.3) is 0 Å². The fourth-order valence-corrected chi connectivity index (χ4v) is 2.29. The molecule has 3 rings (SSSR count). The van der Waals surface area contributed by atoms with Gasteiger partial charge in [-0.05, 0) is 0 Å². The van der Waals surface area contributed by atoms with E-state index in [0.717, 1.165) is 0 Å². The van der Waals surface area contributed by atoms with E-state index in [0.29, 0.717) is 0 Å². The second-order valence-electron chi connectivity index (χ2n) is 3.39. The van der Waals surface area contributed by atoms with E-state index in [4.69, 9.17) is 0 Å². The summed E-state index contributed by atoms with van der Waals surface area (Å²) in [4.78, 5) is 22.3. The smallest absolute Gasteiger partial charge is 0.319 e. The van der Waals surface area contributed by atoms with Gasteiger partial charge in [-0.3, -0.25) is 9.59 Å². The van der Waals surface area contributed by atoms with Crippen molar-refractivity contribution in [3.05, 3.63) is 12.2 Å². The van der Waals surface area contributed by atoms with Gasteiger partial charge in [-0.2, -0.15) is 0 Å². The van der Waals surface area contributed by atoms with E-state index in [2.05, 4.69) is 10.1 Å². The van der Waals surface area contributed by atoms with Gasteiger partial charge < -0.3 is 10.1 Å². The molecule has 3 aliphatic heterocycles. The molecule has 4 atom stereocenters. The fraction of sp³-hybridized carbons (Fsp3) is 0.500. The number of carbonyl (C=O) groups is 2. The predicted octanol–water partition coefficient (Wildman–Crippen LogP) is -0.788. The van der Waals surface area contributed by atoms with Gasteiger partial charge in [-0.25, -0.2) is 0 Å². The molecule has 2 fully saturated rings. The van der Waals surface area contributed by atoms with E-state index in [-0.39, 0.29) is 35.9 Å². The van der Waals surface area contributed by atoms with E-state index in [1.165, 1.54) is 0 Å². The number of ether oxygens (including phenoxy) is 1. The average Bonchev–Trinajstić information content (AvgIpc) is 2.64. The number of carbonyl (C=O) groups excluding carboxylic acids is 2. The number of cyclic esters (lactones) is 2. The third-order valence-electron chi connectivity index (χ3n) is 2.82. The summed E-state index contributed by atoms with van der Waals surface area (Å²) in [5, 5.41) is 3.16. The van der Waals surface area contributed by atoms with Crippen molar-refractivity contribution in [3.8, 4) is 0 Å². The van der Waals surface area contributed by atoms with Crippen molar-refractivity contribution in [2.45, 2.75) is 12.1 Å². The Labute approximate surface area is 68.6 Å². The highest BCUT2D eigenvalue weighted by Gasteiger charge is 2.57. The van der Waals surface area contributed by atoms with Crippen LogP contribution in [0.1, 0.15) is 0 Å². The van der Waals surface area contributed by atoms with Crippen LogP contribution in [-0.4, -0.2) is 24.0 Å². The zero-order valence-corrected chi connectivity index (χ0v) is 6.19. The van der Waals surface area contributed by atoms with E-state index in [9.17, 15) is 9.59 Å². The molecule has 2 bridgehead atoms. The Balaban J connectivity index is 2.08. The lowest BCUT2D eigenvalue weighted by Gasteiger charge is -2.10. The summed E-state index contributed by atoms with van der Waals surface area (Å²) >= 11 is 0. The first-order valence-corrected chi connectivity index (χ1v) is 3.97.